The van der Waals surface area contributed by atoms with Crippen LogP contribution in [0.1, 0.15) is 6.42 Å². The van der Waals surface area contributed by atoms with Crippen molar-refractivity contribution in [2.75, 3.05) is 13.7 Å². The van der Waals surface area contributed by atoms with Gasteiger partial charge in [0.2, 0.25) is 0 Å². The number of hydrogen-bond acceptors (Lipinski definition) is 5. The van der Waals surface area contributed by atoms with Crippen molar-refractivity contribution in [3.05, 3.63) is 0 Å². The highest BCUT2D eigenvalue weighted by Crippen LogP contribution is 2.23. The lowest BCUT2D eigenvalue weighted by Crippen LogP contribution is -2.60. The molecular weight excluding hydrogens is 354 g/mol. The Balaban J connectivity index is 2.75. The molecule has 1 rings (SSSR count). The fourth-order valence-corrected chi connectivity index (χ4v) is 1.95. The predicted molar refractivity (Wildman–Crippen MR) is 63.3 cm³/mol. The van der Waals surface area contributed by atoms with Crippen molar-refractivity contribution in [1.82, 2.24) is 10.6 Å². The molecule has 1 fully saturated rings. The second kappa shape index (κ2) is 7.53. The molecule has 0 radical (unpaired) electrons. The van der Waals surface area contributed by atoms with Gasteiger partial charge in [-0.05, 0) is 0 Å². The molecule has 140 valence electrons. The second-order valence-corrected chi connectivity index (χ2v) is 4.85. The maximum absolute atomic E-state index is 12.3. The predicted octanol–water partition coefficient (Wildman–Crippen LogP) is -0.166. The number of aliphatic hydroxyl groups excluding tert-OH is 1. The molecule has 24 heavy (non-hydrogen) atoms. The number of rotatable bonds is 4. The van der Waals surface area contributed by atoms with Gasteiger partial charge in [0.15, 0.2) is 6.29 Å². The first kappa shape index (κ1) is 20.4. The molecule has 0 aromatic rings. The molecule has 0 spiro atoms. The molecule has 7 nitrogen and oxygen atoms in total. The zero-order valence-electron chi connectivity index (χ0n) is 12.1. The zero-order valence-corrected chi connectivity index (χ0v) is 12.1. The van der Waals surface area contributed by atoms with Crippen LogP contribution >= 0.6 is 0 Å². The van der Waals surface area contributed by atoms with Gasteiger partial charge >= 0.3 is 24.2 Å². The average Bonchev–Trinajstić information content (AvgIpc) is 2.45. The van der Waals surface area contributed by atoms with E-state index < -0.39 is 55.3 Å². The number of hydrogen-bond donors (Lipinski definition) is 3. The van der Waals surface area contributed by atoms with Gasteiger partial charge in [-0.1, -0.05) is 0 Å². The van der Waals surface area contributed by atoms with Gasteiger partial charge in [0.05, 0.1) is 6.04 Å². The first-order valence-electron chi connectivity index (χ1n) is 6.45. The number of methoxy groups -OCH3 is 1. The van der Waals surface area contributed by atoms with Gasteiger partial charge in [-0.2, -0.15) is 26.3 Å². The minimum absolute atomic E-state index is 0.372. The number of carbonyl (C=O) groups excluding carboxylic acids is 2. The Kier molecular flexibility index (Phi) is 6.41. The van der Waals surface area contributed by atoms with Gasteiger partial charge in [-0.15, -0.1) is 0 Å². The maximum atomic E-state index is 12.3. The van der Waals surface area contributed by atoms with Crippen LogP contribution in [0, 0.1) is 0 Å². The fourth-order valence-electron chi connectivity index (χ4n) is 1.95. The van der Waals surface area contributed by atoms with E-state index in [0.717, 1.165) is 7.11 Å². The van der Waals surface area contributed by atoms with E-state index in [-0.39, 0.29) is 6.42 Å². The summed E-state index contributed by atoms with van der Waals surface area (Å²) in [6.45, 7) is -0.849. The minimum atomic E-state index is -5.21. The van der Waals surface area contributed by atoms with Crippen molar-refractivity contribution in [3.8, 4) is 0 Å². The van der Waals surface area contributed by atoms with Crippen molar-refractivity contribution >= 4 is 11.8 Å². The highest BCUT2D eigenvalue weighted by atomic mass is 19.4. The lowest BCUT2D eigenvalue weighted by molar-refractivity contribution is -0.222. The van der Waals surface area contributed by atoms with E-state index in [1.807, 2.05) is 0 Å². The fraction of sp³-hybridized carbons (Fsp3) is 0.818. The third kappa shape index (κ3) is 5.49. The van der Waals surface area contributed by atoms with Crippen LogP contribution in [-0.4, -0.2) is 67.5 Å². The number of ether oxygens (including phenoxy) is 2. The molecular formula is C11H14F6N2O5. The summed E-state index contributed by atoms with van der Waals surface area (Å²) < 4.78 is 82.8. The molecule has 2 amide bonds. The molecule has 3 N–H and O–H groups in total. The average molecular weight is 368 g/mol. The smallest absolute Gasteiger partial charge is 0.388 e. The number of carbonyl (C=O) groups is 2. The molecule has 0 saturated carbocycles. The van der Waals surface area contributed by atoms with Gasteiger partial charge in [-0.3, -0.25) is 9.59 Å². The van der Waals surface area contributed by atoms with E-state index in [0.29, 0.717) is 0 Å². The largest absolute Gasteiger partial charge is 0.471 e. The molecule has 0 unspecified atom stereocenters. The SMILES string of the molecule is CO[C@@H]1C[C@H](NC(=O)C(F)(F)F)[C@H](O)[C@@H](CNC(=O)C(F)(F)F)O1. The van der Waals surface area contributed by atoms with Crippen LogP contribution in [0.25, 0.3) is 0 Å². The second-order valence-electron chi connectivity index (χ2n) is 4.85. The van der Waals surface area contributed by atoms with Gasteiger partial charge < -0.3 is 25.2 Å². The van der Waals surface area contributed by atoms with E-state index in [1.165, 1.54) is 10.6 Å². The molecule has 1 aliphatic rings. The van der Waals surface area contributed by atoms with Crippen LogP contribution < -0.4 is 10.6 Å². The Morgan fingerprint density at radius 3 is 2.17 bits per heavy atom. The van der Waals surface area contributed by atoms with Crippen LogP contribution in [-0.2, 0) is 19.1 Å². The molecule has 0 aromatic carbocycles. The molecule has 0 bridgehead atoms. The van der Waals surface area contributed by atoms with Gasteiger partial charge in [-0.25, -0.2) is 0 Å². The summed E-state index contributed by atoms with van der Waals surface area (Å²) in [6.07, 6.45) is -15.3. The Morgan fingerprint density at radius 2 is 1.71 bits per heavy atom. The summed E-state index contributed by atoms with van der Waals surface area (Å²) in [4.78, 5) is 21.7. The Morgan fingerprint density at radius 1 is 1.17 bits per heavy atom. The highest BCUT2D eigenvalue weighted by molar-refractivity contribution is 5.82. The van der Waals surface area contributed by atoms with E-state index in [2.05, 4.69) is 0 Å². The summed E-state index contributed by atoms with van der Waals surface area (Å²) in [6, 6.07) is -1.49. The highest BCUT2D eigenvalue weighted by Gasteiger charge is 2.45. The van der Waals surface area contributed by atoms with Crippen LogP contribution in [0.4, 0.5) is 26.3 Å². The van der Waals surface area contributed by atoms with Gasteiger partial charge in [0.1, 0.15) is 12.2 Å². The van der Waals surface area contributed by atoms with E-state index in [9.17, 15) is 41.0 Å². The van der Waals surface area contributed by atoms with Crippen LogP contribution in [0.15, 0.2) is 0 Å². The Bertz CT molecular complexity index is 469. The normalized spacial score (nSPS) is 28.3. The topological polar surface area (TPSA) is 96.9 Å². The first-order chi connectivity index (χ1) is 10.9. The van der Waals surface area contributed by atoms with Crippen LogP contribution in [0.5, 0.6) is 0 Å². The molecule has 0 aliphatic carbocycles. The lowest BCUT2D eigenvalue weighted by atomic mass is 9.98. The summed E-state index contributed by atoms with van der Waals surface area (Å²) in [7, 11) is 1.11. The molecule has 13 heteroatoms. The van der Waals surface area contributed by atoms with Crippen molar-refractivity contribution in [2.24, 2.45) is 0 Å². The van der Waals surface area contributed by atoms with Gasteiger partial charge in [0, 0.05) is 20.1 Å². The van der Waals surface area contributed by atoms with Crippen molar-refractivity contribution in [3.63, 3.8) is 0 Å². The summed E-state index contributed by atoms with van der Waals surface area (Å²) in [5.41, 5.74) is 0. The zero-order chi connectivity index (χ0) is 18.7. The number of halogens is 6. The quantitative estimate of drug-likeness (QED) is 0.599. The number of amides is 2. The van der Waals surface area contributed by atoms with Crippen molar-refractivity contribution in [2.45, 2.75) is 43.3 Å². The number of alkyl halides is 6. The lowest BCUT2D eigenvalue weighted by Gasteiger charge is -2.39. The maximum Gasteiger partial charge on any atom is 0.471 e. The van der Waals surface area contributed by atoms with E-state index in [1.54, 1.807) is 0 Å². The van der Waals surface area contributed by atoms with E-state index >= 15 is 0 Å². The molecule has 1 heterocycles. The molecule has 1 aliphatic heterocycles. The summed E-state index contributed by atoms with van der Waals surface area (Å²) >= 11 is 0. The number of aliphatic hydroxyl groups is 1. The number of nitrogens with one attached hydrogen (secondary N) is 2. The minimum Gasteiger partial charge on any atom is -0.388 e. The Hall–Kier alpha value is -1.60. The van der Waals surface area contributed by atoms with Crippen molar-refractivity contribution < 1.29 is 50.5 Å². The van der Waals surface area contributed by atoms with Crippen LogP contribution in [0.2, 0.25) is 0 Å². The third-order valence-corrected chi connectivity index (χ3v) is 3.12. The standard InChI is InChI=1S/C11H14F6N2O5/c1-23-6-2-4(19-9(22)11(15,16)17)7(20)5(24-6)3-18-8(21)10(12,13)14/h4-7,20H,2-3H2,1H3,(H,18,21)(H,19,22)/t4-,5+,6-,7-/m0/s1. The molecule has 1 saturated heterocycles. The summed E-state index contributed by atoms with van der Waals surface area (Å²) in [5, 5.41) is 12.8. The van der Waals surface area contributed by atoms with Crippen LogP contribution in [0.3, 0.4) is 0 Å². The third-order valence-electron chi connectivity index (χ3n) is 3.12. The molecule has 0 aromatic heterocycles. The summed E-state index contributed by atoms with van der Waals surface area (Å²) in [5.74, 6) is -4.64. The van der Waals surface area contributed by atoms with Gasteiger partial charge in [0.25, 0.3) is 0 Å². The Labute approximate surface area is 131 Å². The molecule has 4 atom stereocenters. The van der Waals surface area contributed by atoms with Crippen molar-refractivity contribution in [1.29, 1.82) is 0 Å². The monoisotopic (exact) mass is 368 g/mol. The first-order valence-corrected chi connectivity index (χ1v) is 6.45. The van der Waals surface area contributed by atoms with E-state index in [4.69, 9.17) is 9.47 Å².